The third-order valence-corrected chi connectivity index (χ3v) is 4.12. The van der Waals surface area contributed by atoms with Crippen LogP contribution in [0.3, 0.4) is 0 Å². The number of hydrogen-bond donors (Lipinski definition) is 1. The minimum Gasteiger partial charge on any atom is -0.497 e. The zero-order valence-corrected chi connectivity index (χ0v) is 12.8. The molecule has 0 saturated carbocycles. The number of nitrogens with one attached hydrogen (secondary N) is 1. The summed E-state index contributed by atoms with van der Waals surface area (Å²) in [5.41, 5.74) is 4.14. The van der Waals surface area contributed by atoms with Crippen molar-refractivity contribution in [2.75, 3.05) is 7.11 Å². The normalized spacial score (nSPS) is 11.5. The summed E-state index contributed by atoms with van der Waals surface area (Å²) >= 11 is 0. The van der Waals surface area contributed by atoms with E-state index in [0.717, 1.165) is 38.6 Å². The molecule has 0 atom stereocenters. The van der Waals surface area contributed by atoms with Crippen LogP contribution in [0.25, 0.3) is 44.4 Å². The largest absolute Gasteiger partial charge is 0.497 e. The molecule has 5 rings (SSSR count). The number of benzene rings is 2. The summed E-state index contributed by atoms with van der Waals surface area (Å²) in [6, 6.07) is 11.6. The van der Waals surface area contributed by atoms with Gasteiger partial charge in [-0.1, -0.05) is 0 Å². The second kappa shape index (κ2) is 4.79. The number of rotatable bonds is 2. The highest BCUT2D eigenvalue weighted by Gasteiger charge is 2.12. The smallest absolute Gasteiger partial charge is 0.228 e. The Morgan fingerprint density at radius 2 is 1.96 bits per heavy atom. The third-order valence-electron chi connectivity index (χ3n) is 4.12. The van der Waals surface area contributed by atoms with Crippen LogP contribution in [0.15, 0.2) is 53.2 Å². The number of ether oxygens (including phenoxy) is 1. The fraction of sp³-hybridized carbons (Fsp3) is 0.0556. The molecule has 0 spiro atoms. The molecule has 5 aromatic rings. The van der Waals surface area contributed by atoms with E-state index >= 15 is 0 Å². The van der Waals surface area contributed by atoms with Gasteiger partial charge < -0.3 is 9.15 Å². The van der Waals surface area contributed by atoms with Gasteiger partial charge >= 0.3 is 0 Å². The minimum absolute atomic E-state index is 0.532. The molecule has 0 fully saturated rings. The quantitative estimate of drug-likeness (QED) is 0.534. The minimum atomic E-state index is 0.532. The Morgan fingerprint density at radius 1 is 1.04 bits per heavy atom. The molecule has 0 saturated heterocycles. The Labute approximate surface area is 136 Å². The Morgan fingerprint density at radius 3 is 2.88 bits per heavy atom. The maximum absolute atomic E-state index is 5.88. The van der Waals surface area contributed by atoms with E-state index in [4.69, 9.17) is 9.15 Å². The highest BCUT2D eigenvalue weighted by molar-refractivity contribution is 6.04. The predicted molar refractivity (Wildman–Crippen MR) is 90.9 cm³/mol. The van der Waals surface area contributed by atoms with E-state index in [0.29, 0.717) is 11.5 Å². The molecule has 0 radical (unpaired) electrons. The maximum Gasteiger partial charge on any atom is 0.228 e. The van der Waals surface area contributed by atoms with Crippen molar-refractivity contribution in [2.45, 2.75) is 0 Å². The molecule has 6 nitrogen and oxygen atoms in total. The molecule has 0 aliphatic carbocycles. The lowest BCUT2D eigenvalue weighted by Crippen LogP contribution is -1.84. The van der Waals surface area contributed by atoms with Crippen LogP contribution in [0, 0.1) is 0 Å². The number of H-pyrrole nitrogens is 1. The molecule has 6 heteroatoms. The molecule has 3 aromatic heterocycles. The van der Waals surface area contributed by atoms with Crippen molar-refractivity contribution in [1.82, 2.24) is 20.2 Å². The molecule has 0 aliphatic heterocycles. The van der Waals surface area contributed by atoms with Crippen molar-refractivity contribution in [3.8, 4) is 17.2 Å². The highest BCUT2D eigenvalue weighted by atomic mass is 16.5. The number of pyridine rings is 1. The third kappa shape index (κ3) is 1.86. The molecule has 1 N–H and O–H groups in total. The SMILES string of the molecule is COc1ccc2nc(-c3cnc4ccc5cn[nH]c5c4c3)oc2c1. The predicted octanol–water partition coefficient (Wildman–Crippen LogP) is 3.93. The molecule has 0 bridgehead atoms. The number of aromatic nitrogens is 4. The Kier molecular flexibility index (Phi) is 2.61. The van der Waals surface area contributed by atoms with Crippen molar-refractivity contribution in [3.05, 3.63) is 48.8 Å². The molecule has 3 heterocycles. The number of fused-ring (bicyclic) bond motifs is 4. The molecular formula is C18H12N4O2. The van der Waals surface area contributed by atoms with E-state index in [1.54, 1.807) is 19.5 Å². The number of hydrogen-bond acceptors (Lipinski definition) is 5. The first kappa shape index (κ1) is 13.1. The summed E-state index contributed by atoms with van der Waals surface area (Å²) in [6.45, 7) is 0. The second-order valence-corrected chi connectivity index (χ2v) is 5.54. The van der Waals surface area contributed by atoms with Crippen molar-refractivity contribution in [1.29, 1.82) is 0 Å². The first-order chi connectivity index (χ1) is 11.8. The summed E-state index contributed by atoms with van der Waals surface area (Å²) < 4.78 is 11.1. The van der Waals surface area contributed by atoms with Gasteiger partial charge in [0.2, 0.25) is 5.89 Å². The maximum atomic E-state index is 5.88. The van der Waals surface area contributed by atoms with Gasteiger partial charge in [0, 0.05) is 23.0 Å². The first-order valence-electron chi connectivity index (χ1n) is 7.48. The lowest BCUT2D eigenvalue weighted by Gasteiger charge is -2.01. The summed E-state index contributed by atoms with van der Waals surface area (Å²) in [4.78, 5) is 9.06. The van der Waals surface area contributed by atoms with Gasteiger partial charge in [0.25, 0.3) is 0 Å². The van der Waals surface area contributed by atoms with Crippen LogP contribution in [0.5, 0.6) is 5.75 Å². The number of methoxy groups -OCH3 is 1. The lowest BCUT2D eigenvalue weighted by molar-refractivity contribution is 0.414. The van der Waals surface area contributed by atoms with Crippen molar-refractivity contribution < 1.29 is 9.15 Å². The molecule has 116 valence electrons. The van der Waals surface area contributed by atoms with Crippen LogP contribution < -0.4 is 4.74 Å². The van der Waals surface area contributed by atoms with E-state index in [1.807, 2.05) is 36.4 Å². The van der Waals surface area contributed by atoms with Gasteiger partial charge in [0.1, 0.15) is 11.3 Å². The zero-order valence-electron chi connectivity index (χ0n) is 12.8. The number of nitrogens with zero attached hydrogens (tertiary/aromatic N) is 3. The highest BCUT2D eigenvalue weighted by Crippen LogP contribution is 2.30. The van der Waals surface area contributed by atoms with E-state index < -0.39 is 0 Å². The Balaban J connectivity index is 1.73. The van der Waals surface area contributed by atoms with Crippen LogP contribution in [-0.4, -0.2) is 27.3 Å². The van der Waals surface area contributed by atoms with Crippen LogP contribution in [0.2, 0.25) is 0 Å². The van der Waals surface area contributed by atoms with Gasteiger partial charge in [0.15, 0.2) is 5.58 Å². The molecule has 0 aliphatic rings. The van der Waals surface area contributed by atoms with Crippen LogP contribution >= 0.6 is 0 Å². The Bertz CT molecular complexity index is 1210. The molecule has 24 heavy (non-hydrogen) atoms. The van der Waals surface area contributed by atoms with Gasteiger partial charge in [-0.05, 0) is 30.3 Å². The Hall–Kier alpha value is -3.41. The second-order valence-electron chi connectivity index (χ2n) is 5.54. The van der Waals surface area contributed by atoms with Gasteiger partial charge in [-0.25, -0.2) is 4.98 Å². The fourth-order valence-electron chi connectivity index (χ4n) is 2.89. The number of aromatic amines is 1. The summed E-state index contributed by atoms with van der Waals surface area (Å²) in [6.07, 6.45) is 3.57. The molecule has 0 unspecified atom stereocenters. The van der Waals surface area contributed by atoms with E-state index in [-0.39, 0.29) is 0 Å². The summed E-state index contributed by atoms with van der Waals surface area (Å²) in [5.74, 6) is 1.27. The average molecular weight is 316 g/mol. The van der Waals surface area contributed by atoms with E-state index in [2.05, 4.69) is 20.2 Å². The first-order valence-corrected chi connectivity index (χ1v) is 7.48. The topological polar surface area (TPSA) is 76.8 Å². The van der Waals surface area contributed by atoms with Gasteiger partial charge in [-0.3, -0.25) is 10.1 Å². The average Bonchev–Trinajstić information content (AvgIpc) is 3.27. The molecular weight excluding hydrogens is 304 g/mol. The van der Waals surface area contributed by atoms with Crippen LogP contribution in [0.1, 0.15) is 0 Å². The molecule has 2 aromatic carbocycles. The van der Waals surface area contributed by atoms with Crippen LogP contribution in [0.4, 0.5) is 0 Å². The summed E-state index contributed by atoms with van der Waals surface area (Å²) in [7, 11) is 1.63. The zero-order chi connectivity index (χ0) is 16.1. The lowest BCUT2D eigenvalue weighted by atomic mass is 10.1. The van der Waals surface area contributed by atoms with E-state index in [9.17, 15) is 0 Å². The summed E-state index contributed by atoms with van der Waals surface area (Å²) in [5, 5.41) is 9.16. The van der Waals surface area contributed by atoms with Gasteiger partial charge in [0.05, 0.1) is 29.9 Å². The standard InChI is InChI=1S/C18H12N4O2/c1-23-12-3-5-15-16(7-12)24-18(21-15)11-6-13-14(19-8-11)4-2-10-9-20-22-17(10)13/h2-9H,1H3,(H,20,22). The van der Waals surface area contributed by atoms with Crippen LogP contribution in [-0.2, 0) is 0 Å². The van der Waals surface area contributed by atoms with Gasteiger partial charge in [-0.15, -0.1) is 0 Å². The van der Waals surface area contributed by atoms with Crippen molar-refractivity contribution in [2.24, 2.45) is 0 Å². The van der Waals surface area contributed by atoms with Crippen molar-refractivity contribution in [3.63, 3.8) is 0 Å². The number of oxazole rings is 1. The van der Waals surface area contributed by atoms with E-state index in [1.165, 1.54) is 0 Å². The monoisotopic (exact) mass is 316 g/mol. The fourth-order valence-corrected chi connectivity index (χ4v) is 2.89. The molecule has 0 amide bonds. The van der Waals surface area contributed by atoms with Crippen molar-refractivity contribution >= 4 is 32.9 Å². The van der Waals surface area contributed by atoms with Gasteiger partial charge in [-0.2, -0.15) is 5.10 Å².